The van der Waals surface area contributed by atoms with E-state index in [1.54, 1.807) is 11.4 Å². The zero-order valence-corrected chi connectivity index (χ0v) is 18.1. The van der Waals surface area contributed by atoms with Gasteiger partial charge in [-0.3, -0.25) is 4.79 Å². The van der Waals surface area contributed by atoms with Crippen LogP contribution in [0.3, 0.4) is 0 Å². The number of sulfonamides is 1. The van der Waals surface area contributed by atoms with E-state index in [2.05, 4.69) is 9.71 Å². The van der Waals surface area contributed by atoms with Crippen molar-refractivity contribution in [2.45, 2.75) is 24.0 Å². The number of amides is 1. The van der Waals surface area contributed by atoms with Crippen molar-refractivity contribution in [1.82, 2.24) is 19.5 Å². The predicted molar refractivity (Wildman–Crippen MR) is 109 cm³/mol. The number of hydrogen-bond acceptors (Lipinski definition) is 7. The zero-order chi connectivity index (χ0) is 19.6. The van der Waals surface area contributed by atoms with Gasteiger partial charge in [-0.2, -0.15) is 0 Å². The predicted octanol–water partition coefficient (Wildman–Crippen LogP) is 2.26. The van der Waals surface area contributed by atoms with E-state index >= 15 is 0 Å². The molecule has 3 rings (SSSR count). The lowest BCUT2D eigenvalue weighted by Gasteiger charge is -2.13. The van der Waals surface area contributed by atoms with E-state index in [0.29, 0.717) is 28.7 Å². The summed E-state index contributed by atoms with van der Waals surface area (Å²) in [5.41, 5.74) is 1.44. The maximum absolute atomic E-state index is 12.6. The van der Waals surface area contributed by atoms with Crippen LogP contribution < -0.4 is 4.72 Å². The Hall–Kier alpha value is -1.33. The number of nitrogens with zero attached hydrogens (tertiary/aromatic N) is 3. The van der Waals surface area contributed by atoms with Crippen LogP contribution in [0.2, 0.25) is 0 Å². The van der Waals surface area contributed by atoms with E-state index in [1.165, 1.54) is 22.7 Å². The van der Waals surface area contributed by atoms with Gasteiger partial charge in [-0.15, -0.1) is 22.7 Å². The molecule has 3 heterocycles. The lowest BCUT2D eigenvalue weighted by molar-refractivity contribution is 0.0796. The van der Waals surface area contributed by atoms with E-state index < -0.39 is 10.0 Å². The van der Waals surface area contributed by atoms with Gasteiger partial charge in [-0.05, 0) is 39.9 Å². The summed E-state index contributed by atoms with van der Waals surface area (Å²) in [6.07, 6.45) is 2.09. The summed E-state index contributed by atoms with van der Waals surface area (Å²) in [6.45, 7) is 4.41. The largest absolute Gasteiger partial charge is 0.338 e. The number of thiophene rings is 1. The number of nitrogens with one attached hydrogen (secondary N) is 1. The van der Waals surface area contributed by atoms with Gasteiger partial charge in [0.25, 0.3) is 5.91 Å². The highest BCUT2D eigenvalue weighted by Gasteiger charge is 2.25. The number of likely N-dealkylation sites (N-methyl/N-ethyl adjacent to an activating group) is 1. The molecule has 1 N–H and O–H groups in total. The van der Waals surface area contributed by atoms with Crippen LogP contribution in [-0.4, -0.2) is 69.4 Å². The SMILES string of the molecule is Cc1nc(-c2csc(S(=O)(=O)NCCN(C)C)c2)sc1C(=O)N1CCCC1. The Morgan fingerprint density at radius 3 is 2.70 bits per heavy atom. The lowest BCUT2D eigenvalue weighted by atomic mass is 10.3. The van der Waals surface area contributed by atoms with Gasteiger partial charge in [0.1, 0.15) is 14.1 Å². The van der Waals surface area contributed by atoms with E-state index in [9.17, 15) is 13.2 Å². The van der Waals surface area contributed by atoms with E-state index in [1.807, 2.05) is 30.8 Å². The fourth-order valence-corrected chi connectivity index (χ4v) is 6.15. The van der Waals surface area contributed by atoms with Crippen LogP contribution in [0.4, 0.5) is 0 Å². The lowest BCUT2D eigenvalue weighted by Crippen LogP contribution is -2.30. The Bertz CT molecular complexity index is 912. The maximum atomic E-state index is 12.6. The van der Waals surface area contributed by atoms with Crippen LogP contribution >= 0.6 is 22.7 Å². The van der Waals surface area contributed by atoms with Crippen LogP contribution in [0, 0.1) is 6.92 Å². The standard InChI is InChI=1S/C17H24N4O3S3/c1-12-15(17(22)21-7-4-5-8-21)26-16(19-12)13-10-14(25-11-13)27(23,24)18-6-9-20(2)3/h10-11,18H,4-9H2,1-3H3. The smallest absolute Gasteiger partial charge is 0.265 e. The zero-order valence-electron chi connectivity index (χ0n) is 15.7. The molecule has 10 heteroatoms. The monoisotopic (exact) mass is 428 g/mol. The van der Waals surface area contributed by atoms with Crippen molar-refractivity contribution in [3.8, 4) is 10.6 Å². The molecule has 0 atom stereocenters. The number of likely N-dealkylation sites (tertiary alicyclic amines) is 1. The first-order valence-electron chi connectivity index (χ1n) is 8.78. The fraction of sp³-hybridized carbons (Fsp3) is 0.529. The molecule has 2 aromatic rings. The minimum absolute atomic E-state index is 0.0298. The van der Waals surface area contributed by atoms with Crippen LogP contribution in [0.15, 0.2) is 15.7 Å². The van der Waals surface area contributed by atoms with Crippen molar-refractivity contribution in [2.75, 3.05) is 40.3 Å². The van der Waals surface area contributed by atoms with Crippen LogP contribution in [-0.2, 0) is 10.0 Å². The van der Waals surface area contributed by atoms with Gasteiger partial charge in [-0.25, -0.2) is 18.1 Å². The van der Waals surface area contributed by atoms with Gasteiger partial charge < -0.3 is 9.80 Å². The van der Waals surface area contributed by atoms with Crippen molar-refractivity contribution in [3.63, 3.8) is 0 Å². The minimum atomic E-state index is -3.53. The number of hydrogen-bond donors (Lipinski definition) is 1. The molecule has 27 heavy (non-hydrogen) atoms. The molecule has 1 amide bonds. The average molecular weight is 429 g/mol. The third-order valence-electron chi connectivity index (χ3n) is 4.32. The Morgan fingerprint density at radius 2 is 2.04 bits per heavy atom. The quantitative estimate of drug-likeness (QED) is 0.731. The summed E-state index contributed by atoms with van der Waals surface area (Å²) in [5, 5.41) is 2.46. The average Bonchev–Trinajstić information content (AvgIpc) is 3.34. The molecular weight excluding hydrogens is 404 g/mol. The number of aromatic nitrogens is 1. The molecular formula is C17H24N4O3S3. The van der Waals surface area contributed by atoms with Gasteiger partial charge in [0.05, 0.1) is 5.69 Å². The second-order valence-corrected chi connectivity index (χ2v) is 10.7. The Kier molecular flexibility index (Phi) is 6.32. The summed E-state index contributed by atoms with van der Waals surface area (Å²) in [5.74, 6) is 0.0298. The van der Waals surface area contributed by atoms with Gasteiger partial charge >= 0.3 is 0 Å². The molecule has 0 unspecified atom stereocenters. The van der Waals surface area contributed by atoms with E-state index in [4.69, 9.17) is 0 Å². The second kappa shape index (κ2) is 8.36. The maximum Gasteiger partial charge on any atom is 0.265 e. The van der Waals surface area contributed by atoms with Gasteiger partial charge in [0.15, 0.2) is 0 Å². The molecule has 1 aliphatic rings. The molecule has 0 aliphatic carbocycles. The number of rotatable bonds is 7. The number of aryl methyl sites for hydroxylation is 1. The molecule has 7 nitrogen and oxygen atoms in total. The van der Waals surface area contributed by atoms with Crippen molar-refractivity contribution >= 4 is 38.6 Å². The Labute approximate surface area is 168 Å². The topological polar surface area (TPSA) is 82.6 Å². The van der Waals surface area contributed by atoms with Gasteiger partial charge in [0.2, 0.25) is 10.0 Å². The number of carbonyl (C=O) groups is 1. The summed E-state index contributed by atoms with van der Waals surface area (Å²) in [6, 6.07) is 1.63. The highest BCUT2D eigenvalue weighted by Crippen LogP contribution is 2.33. The molecule has 0 bridgehead atoms. The van der Waals surface area contributed by atoms with Crippen LogP contribution in [0.25, 0.3) is 10.6 Å². The van der Waals surface area contributed by atoms with Gasteiger partial charge in [-0.1, -0.05) is 0 Å². The van der Waals surface area contributed by atoms with Crippen molar-refractivity contribution in [1.29, 1.82) is 0 Å². The first-order chi connectivity index (χ1) is 12.8. The Balaban J connectivity index is 1.76. The molecule has 0 spiro atoms. The van der Waals surface area contributed by atoms with Crippen molar-refractivity contribution in [2.24, 2.45) is 0 Å². The number of thiazole rings is 1. The molecule has 1 fully saturated rings. The fourth-order valence-electron chi connectivity index (χ4n) is 2.83. The van der Waals surface area contributed by atoms with Gasteiger partial charge in [0, 0.05) is 37.1 Å². The Morgan fingerprint density at radius 1 is 1.33 bits per heavy atom. The first-order valence-corrected chi connectivity index (χ1v) is 12.0. The molecule has 0 saturated carbocycles. The minimum Gasteiger partial charge on any atom is -0.338 e. The first kappa shape index (κ1) is 20.4. The summed E-state index contributed by atoms with van der Waals surface area (Å²) >= 11 is 2.50. The summed E-state index contributed by atoms with van der Waals surface area (Å²) < 4.78 is 27.7. The molecule has 1 saturated heterocycles. The third-order valence-corrected chi connectivity index (χ3v) is 8.42. The molecule has 2 aromatic heterocycles. The highest BCUT2D eigenvalue weighted by molar-refractivity contribution is 7.91. The van der Waals surface area contributed by atoms with Crippen LogP contribution in [0.5, 0.6) is 0 Å². The normalized spacial score (nSPS) is 15.0. The summed E-state index contributed by atoms with van der Waals surface area (Å²) in [7, 11) is 0.252. The molecule has 0 radical (unpaired) electrons. The van der Waals surface area contributed by atoms with Crippen molar-refractivity contribution in [3.05, 3.63) is 22.0 Å². The van der Waals surface area contributed by atoms with Crippen molar-refractivity contribution < 1.29 is 13.2 Å². The van der Waals surface area contributed by atoms with E-state index in [0.717, 1.165) is 31.5 Å². The third kappa shape index (κ3) is 4.75. The molecule has 148 valence electrons. The molecule has 0 aromatic carbocycles. The number of carbonyl (C=O) groups excluding carboxylic acids is 1. The summed E-state index contributed by atoms with van der Waals surface area (Å²) in [4.78, 5) is 21.6. The highest BCUT2D eigenvalue weighted by atomic mass is 32.2. The van der Waals surface area contributed by atoms with Crippen LogP contribution in [0.1, 0.15) is 28.2 Å². The molecule has 1 aliphatic heterocycles. The second-order valence-electron chi connectivity index (χ2n) is 6.79. The van der Waals surface area contributed by atoms with E-state index in [-0.39, 0.29) is 10.1 Å².